The van der Waals surface area contributed by atoms with Gasteiger partial charge in [-0.1, -0.05) is 15.9 Å². The maximum absolute atomic E-state index is 12.5. The molecule has 28 heavy (non-hydrogen) atoms. The highest BCUT2D eigenvalue weighted by atomic mass is 79.9. The van der Waals surface area contributed by atoms with Crippen LogP contribution in [0.4, 0.5) is 5.69 Å². The Bertz CT molecular complexity index is 1230. The van der Waals surface area contributed by atoms with Gasteiger partial charge in [0.25, 0.3) is 5.91 Å². The highest BCUT2D eigenvalue weighted by Gasteiger charge is 2.15. The third-order valence-electron chi connectivity index (χ3n) is 4.53. The number of rotatable bonds is 3. The molecule has 4 aromatic rings. The molecule has 0 aliphatic carbocycles. The van der Waals surface area contributed by atoms with Gasteiger partial charge in [0, 0.05) is 32.0 Å². The van der Waals surface area contributed by atoms with E-state index in [0.717, 1.165) is 26.3 Å². The fourth-order valence-corrected chi connectivity index (χ4v) is 3.41. The number of aromatic nitrogens is 2. The predicted molar refractivity (Wildman–Crippen MR) is 112 cm³/mol. The zero-order valence-corrected chi connectivity index (χ0v) is 16.8. The number of esters is 1. The standard InChI is InChI=1S/C21H16BrN3O3/c1-11-19-16(10-18(23-11)21(27)28-2)15-9-14(7-8-17(15)25-19)24-20(26)12-3-5-13(22)6-4-12/h3-10,25H,1-2H3,(H,24,26). The van der Waals surface area contributed by atoms with Crippen LogP contribution in [0.25, 0.3) is 21.8 Å². The molecule has 1 amide bonds. The number of nitrogens with zero attached hydrogens (tertiary/aromatic N) is 1. The van der Waals surface area contributed by atoms with E-state index in [9.17, 15) is 9.59 Å². The molecule has 4 rings (SSSR count). The molecule has 0 spiro atoms. The van der Waals surface area contributed by atoms with Crippen molar-refractivity contribution in [2.45, 2.75) is 6.92 Å². The van der Waals surface area contributed by atoms with Crippen LogP contribution in [0.1, 0.15) is 26.5 Å². The molecule has 0 bridgehead atoms. The van der Waals surface area contributed by atoms with E-state index in [1.807, 2.05) is 37.3 Å². The first kappa shape index (κ1) is 18.2. The minimum atomic E-state index is -0.487. The Morgan fingerprint density at radius 2 is 1.82 bits per heavy atom. The number of anilines is 1. The smallest absolute Gasteiger partial charge is 0.356 e. The van der Waals surface area contributed by atoms with Crippen molar-refractivity contribution in [2.24, 2.45) is 0 Å². The number of carbonyl (C=O) groups excluding carboxylic acids is 2. The predicted octanol–water partition coefficient (Wildman–Crippen LogP) is 4.83. The molecule has 6 nitrogen and oxygen atoms in total. The van der Waals surface area contributed by atoms with Gasteiger partial charge >= 0.3 is 5.97 Å². The maximum Gasteiger partial charge on any atom is 0.356 e. The monoisotopic (exact) mass is 437 g/mol. The van der Waals surface area contributed by atoms with Gasteiger partial charge in [0.2, 0.25) is 0 Å². The molecule has 2 aromatic carbocycles. The summed E-state index contributed by atoms with van der Waals surface area (Å²) in [5.74, 6) is -0.682. The Kier molecular flexibility index (Phi) is 4.60. The first-order valence-electron chi connectivity index (χ1n) is 8.54. The lowest BCUT2D eigenvalue weighted by Crippen LogP contribution is -2.11. The van der Waals surface area contributed by atoms with Crippen LogP contribution >= 0.6 is 15.9 Å². The third-order valence-corrected chi connectivity index (χ3v) is 5.06. The molecule has 140 valence electrons. The van der Waals surface area contributed by atoms with Crippen LogP contribution in [0.15, 0.2) is 53.0 Å². The van der Waals surface area contributed by atoms with Crippen LogP contribution in [-0.4, -0.2) is 29.0 Å². The van der Waals surface area contributed by atoms with Gasteiger partial charge in [-0.15, -0.1) is 0 Å². The second-order valence-electron chi connectivity index (χ2n) is 6.35. The van der Waals surface area contributed by atoms with E-state index in [2.05, 4.69) is 31.2 Å². The molecule has 2 heterocycles. The summed E-state index contributed by atoms with van der Waals surface area (Å²) < 4.78 is 5.70. The molecule has 0 aliphatic heterocycles. The maximum atomic E-state index is 12.5. The second-order valence-corrected chi connectivity index (χ2v) is 7.27. The van der Waals surface area contributed by atoms with Crippen molar-refractivity contribution in [1.29, 1.82) is 0 Å². The minimum absolute atomic E-state index is 0.195. The summed E-state index contributed by atoms with van der Waals surface area (Å²) in [6.07, 6.45) is 0. The van der Waals surface area contributed by atoms with Crippen molar-refractivity contribution in [3.63, 3.8) is 0 Å². The van der Waals surface area contributed by atoms with Crippen molar-refractivity contribution >= 4 is 55.3 Å². The molecule has 0 aliphatic rings. The van der Waals surface area contributed by atoms with Gasteiger partial charge in [-0.05, 0) is 55.5 Å². The topological polar surface area (TPSA) is 84.1 Å². The van der Waals surface area contributed by atoms with E-state index in [4.69, 9.17) is 4.74 Å². The lowest BCUT2D eigenvalue weighted by atomic mass is 10.1. The number of benzene rings is 2. The first-order chi connectivity index (χ1) is 13.5. The van der Waals surface area contributed by atoms with Crippen LogP contribution in [-0.2, 0) is 4.74 Å². The summed E-state index contributed by atoms with van der Waals surface area (Å²) >= 11 is 3.36. The Hall–Kier alpha value is -3.19. The van der Waals surface area contributed by atoms with Crippen molar-refractivity contribution in [3.05, 3.63) is 70.0 Å². The van der Waals surface area contributed by atoms with E-state index in [0.29, 0.717) is 16.9 Å². The second kappa shape index (κ2) is 7.09. The lowest BCUT2D eigenvalue weighted by molar-refractivity contribution is 0.0594. The summed E-state index contributed by atoms with van der Waals surface area (Å²) in [6, 6.07) is 14.5. The number of pyridine rings is 1. The number of methoxy groups -OCH3 is 1. The highest BCUT2D eigenvalue weighted by molar-refractivity contribution is 9.10. The molecule has 0 saturated carbocycles. The SMILES string of the molecule is COC(=O)c1cc2c([nH]c3ccc(NC(=O)c4ccc(Br)cc4)cc32)c(C)n1. The van der Waals surface area contributed by atoms with Gasteiger partial charge < -0.3 is 15.0 Å². The van der Waals surface area contributed by atoms with Crippen LogP contribution in [0.3, 0.4) is 0 Å². The van der Waals surface area contributed by atoms with Crippen LogP contribution < -0.4 is 5.32 Å². The van der Waals surface area contributed by atoms with E-state index in [1.54, 1.807) is 18.2 Å². The summed E-state index contributed by atoms with van der Waals surface area (Å²) in [5, 5.41) is 4.65. The summed E-state index contributed by atoms with van der Waals surface area (Å²) in [7, 11) is 1.33. The number of aromatic amines is 1. The number of H-pyrrole nitrogens is 1. The zero-order valence-electron chi connectivity index (χ0n) is 15.2. The fourth-order valence-electron chi connectivity index (χ4n) is 3.15. The summed E-state index contributed by atoms with van der Waals surface area (Å²) in [6.45, 7) is 1.83. The third kappa shape index (κ3) is 3.25. The molecule has 7 heteroatoms. The molecule has 0 fully saturated rings. The van der Waals surface area contributed by atoms with Gasteiger partial charge in [-0.3, -0.25) is 4.79 Å². The van der Waals surface area contributed by atoms with Gasteiger partial charge in [0.15, 0.2) is 0 Å². The Labute approximate surface area is 169 Å². The molecule has 2 aromatic heterocycles. The van der Waals surface area contributed by atoms with E-state index < -0.39 is 5.97 Å². The number of aryl methyl sites for hydroxylation is 1. The van der Waals surface area contributed by atoms with E-state index in [1.165, 1.54) is 7.11 Å². The molecular weight excluding hydrogens is 422 g/mol. The number of hydrogen-bond acceptors (Lipinski definition) is 4. The fraction of sp³-hybridized carbons (Fsp3) is 0.0952. The number of carbonyl (C=O) groups is 2. The van der Waals surface area contributed by atoms with Gasteiger partial charge in [-0.2, -0.15) is 0 Å². The van der Waals surface area contributed by atoms with Crippen LogP contribution in [0.5, 0.6) is 0 Å². The van der Waals surface area contributed by atoms with Crippen LogP contribution in [0, 0.1) is 6.92 Å². The number of halogens is 1. The van der Waals surface area contributed by atoms with E-state index >= 15 is 0 Å². The molecule has 0 saturated heterocycles. The molecule has 0 atom stereocenters. The summed E-state index contributed by atoms with van der Waals surface area (Å²) in [5.41, 5.74) is 3.92. The number of nitrogens with one attached hydrogen (secondary N) is 2. The quantitative estimate of drug-likeness (QED) is 0.449. The van der Waals surface area contributed by atoms with Gasteiger partial charge in [-0.25, -0.2) is 9.78 Å². The number of amides is 1. The average molecular weight is 438 g/mol. The molecule has 0 unspecified atom stereocenters. The Balaban J connectivity index is 1.76. The highest BCUT2D eigenvalue weighted by Crippen LogP contribution is 2.30. The van der Waals surface area contributed by atoms with Gasteiger partial charge in [0.05, 0.1) is 18.3 Å². The Morgan fingerprint density at radius 1 is 1.07 bits per heavy atom. The lowest BCUT2D eigenvalue weighted by Gasteiger charge is -2.06. The van der Waals surface area contributed by atoms with Crippen molar-refractivity contribution < 1.29 is 14.3 Å². The van der Waals surface area contributed by atoms with Crippen molar-refractivity contribution in [1.82, 2.24) is 9.97 Å². The molecule has 0 radical (unpaired) electrons. The number of ether oxygens (including phenoxy) is 1. The minimum Gasteiger partial charge on any atom is -0.464 e. The van der Waals surface area contributed by atoms with Crippen LogP contribution in [0.2, 0.25) is 0 Å². The molecular formula is C21H16BrN3O3. The van der Waals surface area contributed by atoms with Crippen molar-refractivity contribution in [2.75, 3.05) is 12.4 Å². The van der Waals surface area contributed by atoms with Gasteiger partial charge in [0.1, 0.15) is 5.69 Å². The summed E-state index contributed by atoms with van der Waals surface area (Å²) in [4.78, 5) is 32.0. The number of fused-ring (bicyclic) bond motifs is 3. The first-order valence-corrected chi connectivity index (χ1v) is 9.34. The normalized spacial score (nSPS) is 11.0. The number of hydrogen-bond donors (Lipinski definition) is 2. The average Bonchev–Trinajstić information content (AvgIpc) is 3.06. The van der Waals surface area contributed by atoms with E-state index in [-0.39, 0.29) is 11.6 Å². The molecule has 2 N–H and O–H groups in total. The van der Waals surface area contributed by atoms with Crippen molar-refractivity contribution in [3.8, 4) is 0 Å². The zero-order chi connectivity index (χ0) is 19.8. The largest absolute Gasteiger partial charge is 0.464 e. The Morgan fingerprint density at radius 3 is 2.54 bits per heavy atom.